The predicted molar refractivity (Wildman–Crippen MR) is 84.2 cm³/mol. The van der Waals surface area contributed by atoms with E-state index in [0.29, 0.717) is 6.61 Å². The third-order valence-corrected chi connectivity index (χ3v) is 3.44. The lowest BCUT2D eigenvalue weighted by Crippen LogP contribution is -2.26. The average Bonchev–Trinajstić information content (AvgIpc) is 2.45. The second-order valence-corrected chi connectivity index (χ2v) is 5.25. The van der Waals surface area contributed by atoms with E-state index in [1.165, 1.54) is 23.3 Å². The van der Waals surface area contributed by atoms with E-state index in [0.717, 1.165) is 17.9 Å². The van der Waals surface area contributed by atoms with E-state index in [4.69, 9.17) is 4.74 Å². The topological polar surface area (TPSA) is 21.3 Å². The van der Waals surface area contributed by atoms with Crippen molar-refractivity contribution in [2.75, 3.05) is 13.2 Å². The molecule has 3 heteroatoms. The molecule has 0 aliphatic carbocycles. The summed E-state index contributed by atoms with van der Waals surface area (Å²) in [6.07, 6.45) is 0. The van der Waals surface area contributed by atoms with Crippen LogP contribution in [0.5, 0.6) is 5.75 Å². The van der Waals surface area contributed by atoms with Crippen LogP contribution in [0.3, 0.4) is 0 Å². The molecule has 0 saturated heterocycles. The van der Waals surface area contributed by atoms with E-state index in [1.807, 2.05) is 6.92 Å². The quantitative estimate of drug-likeness (QED) is 0.861. The zero-order valence-corrected chi connectivity index (χ0v) is 12.8. The lowest BCUT2D eigenvalue weighted by Gasteiger charge is -2.20. The van der Waals surface area contributed by atoms with E-state index in [-0.39, 0.29) is 11.9 Å². The van der Waals surface area contributed by atoms with Gasteiger partial charge >= 0.3 is 0 Å². The van der Waals surface area contributed by atoms with Gasteiger partial charge in [-0.05, 0) is 49.7 Å². The van der Waals surface area contributed by atoms with E-state index in [9.17, 15) is 4.39 Å². The van der Waals surface area contributed by atoms with Gasteiger partial charge in [0.1, 0.15) is 18.2 Å². The fourth-order valence-corrected chi connectivity index (χ4v) is 2.35. The fourth-order valence-electron chi connectivity index (χ4n) is 2.35. The first-order valence-corrected chi connectivity index (χ1v) is 7.29. The summed E-state index contributed by atoms with van der Waals surface area (Å²) in [5, 5.41) is 3.43. The highest BCUT2D eigenvalue weighted by atomic mass is 19.1. The number of hydrogen-bond donors (Lipinski definition) is 1. The molecule has 112 valence electrons. The van der Waals surface area contributed by atoms with Crippen LogP contribution >= 0.6 is 0 Å². The standard InChI is InChI=1S/C18H22FNO/c1-4-20-17(15-7-5-6-13(2)10-15)12-21-18-9-8-16(19)11-14(18)3/h5-11,17,20H,4,12H2,1-3H3. The Morgan fingerprint density at radius 1 is 1.14 bits per heavy atom. The van der Waals surface area contributed by atoms with E-state index in [2.05, 4.69) is 43.4 Å². The monoisotopic (exact) mass is 287 g/mol. The zero-order valence-electron chi connectivity index (χ0n) is 12.8. The summed E-state index contributed by atoms with van der Waals surface area (Å²) < 4.78 is 19.0. The van der Waals surface area contributed by atoms with Crippen molar-refractivity contribution < 1.29 is 9.13 Å². The maximum atomic E-state index is 13.1. The van der Waals surface area contributed by atoms with Crippen LogP contribution in [0.4, 0.5) is 4.39 Å². The van der Waals surface area contributed by atoms with Gasteiger partial charge in [0.25, 0.3) is 0 Å². The van der Waals surface area contributed by atoms with Gasteiger partial charge in [0.2, 0.25) is 0 Å². The van der Waals surface area contributed by atoms with Crippen molar-refractivity contribution >= 4 is 0 Å². The van der Waals surface area contributed by atoms with Crippen molar-refractivity contribution in [2.45, 2.75) is 26.8 Å². The number of likely N-dealkylation sites (N-methyl/N-ethyl adjacent to an activating group) is 1. The Morgan fingerprint density at radius 2 is 1.95 bits per heavy atom. The molecule has 2 rings (SSSR count). The third kappa shape index (κ3) is 4.30. The molecular formula is C18H22FNO. The van der Waals surface area contributed by atoms with E-state index < -0.39 is 0 Å². The molecule has 2 aromatic rings. The zero-order chi connectivity index (χ0) is 15.2. The smallest absolute Gasteiger partial charge is 0.123 e. The molecule has 1 atom stereocenters. The molecule has 0 heterocycles. The predicted octanol–water partition coefficient (Wildman–Crippen LogP) is 4.17. The van der Waals surface area contributed by atoms with Gasteiger partial charge in [0.05, 0.1) is 6.04 Å². The Hall–Kier alpha value is -1.87. The summed E-state index contributed by atoms with van der Waals surface area (Å²) in [6, 6.07) is 13.1. The van der Waals surface area contributed by atoms with Crippen LogP contribution in [-0.2, 0) is 0 Å². The summed E-state index contributed by atoms with van der Waals surface area (Å²) in [5.74, 6) is 0.494. The maximum absolute atomic E-state index is 13.1. The molecule has 21 heavy (non-hydrogen) atoms. The van der Waals surface area contributed by atoms with Crippen LogP contribution in [0.2, 0.25) is 0 Å². The number of aryl methyl sites for hydroxylation is 2. The Labute approximate surface area is 126 Å². The molecule has 0 aliphatic heterocycles. The molecule has 1 N–H and O–H groups in total. The minimum atomic E-state index is -0.234. The van der Waals surface area contributed by atoms with Crippen molar-refractivity contribution in [3.05, 3.63) is 65.0 Å². The Balaban J connectivity index is 2.09. The summed E-state index contributed by atoms with van der Waals surface area (Å²) >= 11 is 0. The van der Waals surface area contributed by atoms with Gasteiger partial charge in [-0.25, -0.2) is 4.39 Å². The summed E-state index contributed by atoms with van der Waals surface area (Å²) in [5.41, 5.74) is 3.25. The summed E-state index contributed by atoms with van der Waals surface area (Å²) in [6.45, 7) is 7.39. The normalized spacial score (nSPS) is 12.2. The third-order valence-electron chi connectivity index (χ3n) is 3.44. The Bertz CT molecular complexity index is 598. The van der Waals surface area contributed by atoms with Crippen LogP contribution in [0.1, 0.15) is 29.7 Å². The number of hydrogen-bond acceptors (Lipinski definition) is 2. The number of benzene rings is 2. The molecule has 2 aromatic carbocycles. The van der Waals surface area contributed by atoms with Gasteiger partial charge in [0, 0.05) is 0 Å². The van der Waals surface area contributed by atoms with Crippen LogP contribution in [0.25, 0.3) is 0 Å². The molecule has 0 fully saturated rings. The number of ether oxygens (including phenoxy) is 1. The fraction of sp³-hybridized carbons (Fsp3) is 0.333. The summed E-state index contributed by atoms with van der Waals surface area (Å²) in [4.78, 5) is 0. The number of halogens is 1. The highest BCUT2D eigenvalue weighted by Gasteiger charge is 2.12. The second-order valence-electron chi connectivity index (χ2n) is 5.25. The maximum Gasteiger partial charge on any atom is 0.123 e. The SMILES string of the molecule is CCNC(COc1ccc(F)cc1C)c1cccc(C)c1. The van der Waals surface area contributed by atoms with Crippen LogP contribution in [0, 0.1) is 19.7 Å². The lowest BCUT2D eigenvalue weighted by atomic mass is 10.1. The van der Waals surface area contributed by atoms with Gasteiger partial charge in [-0.15, -0.1) is 0 Å². The molecule has 0 amide bonds. The van der Waals surface area contributed by atoms with Crippen molar-refractivity contribution in [1.29, 1.82) is 0 Å². The van der Waals surface area contributed by atoms with Gasteiger partial charge in [-0.3, -0.25) is 0 Å². The van der Waals surface area contributed by atoms with Gasteiger partial charge in [-0.2, -0.15) is 0 Å². The molecule has 0 bridgehead atoms. The van der Waals surface area contributed by atoms with E-state index in [1.54, 1.807) is 6.07 Å². The molecular weight excluding hydrogens is 265 g/mol. The molecule has 0 aromatic heterocycles. The second kappa shape index (κ2) is 7.23. The minimum absolute atomic E-state index is 0.124. The van der Waals surface area contributed by atoms with Crippen LogP contribution in [0.15, 0.2) is 42.5 Å². The molecule has 0 spiro atoms. The average molecular weight is 287 g/mol. The number of rotatable bonds is 6. The van der Waals surface area contributed by atoms with Crippen molar-refractivity contribution in [2.24, 2.45) is 0 Å². The Kier molecular flexibility index (Phi) is 5.34. The minimum Gasteiger partial charge on any atom is -0.491 e. The molecule has 0 saturated carbocycles. The van der Waals surface area contributed by atoms with Crippen LogP contribution in [-0.4, -0.2) is 13.2 Å². The Morgan fingerprint density at radius 3 is 2.62 bits per heavy atom. The van der Waals surface area contributed by atoms with Gasteiger partial charge < -0.3 is 10.1 Å². The van der Waals surface area contributed by atoms with Gasteiger partial charge in [0.15, 0.2) is 0 Å². The van der Waals surface area contributed by atoms with Gasteiger partial charge in [-0.1, -0.05) is 36.8 Å². The molecule has 0 aliphatic rings. The molecule has 1 unspecified atom stereocenters. The van der Waals surface area contributed by atoms with Crippen LogP contribution < -0.4 is 10.1 Å². The first-order valence-electron chi connectivity index (χ1n) is 7.29. The highest BCUT2D eigenvalue weighted by molar-refractivity contribution is 5.33. The van der Waals surface area contributed by atoms with Crippen molar-refractivity contribution in [3.63, 3.8) is 0 Å². The molecule has 2 nitrogen and oxygen atoms in total. The van der Waals surface area contributed by atoms with Crippen molar-refractivity contribution in [1.82, 2.24) is 5.32 Å². The first kappa shape index (κ1) is 15.5. The first-order chi connectivity index (χ1) is 10.1. The molecule has 0 radical (unpaired) electrons. The van der Waals surface area contributed by atoms with E-state index >= 15 is 0 Å². The van der Waals surface area contributed by atoms with Crippen molar-refractivity contribution in [3.8, 4) is 5.75 Å². The summed E-state index contributed by atoms with van der Waals surface area (Å²) in [7, 11) is 0. The highest BCUT2D eigenvalue weighted by Crippen LogP contribution is 2.21. The largest absolute Gasteiger partial charge is 0.491 e. The number of nitrogens with one attached hydrogen (secondary N) is 1. The lowest BCUT2D eigenvalue weighted by molar-refractivity contribution is 0.266.